The van der Waals surface area contributed by atoms with Crippen molar-refractivity contribution in [3.05, 3.63) is 23.3 Å². The van der Waals surface area contributed by atoms with Crippen LogP contribution in [0, 0.1) is 0 Å². The first-order valence-corrected chi connectivity index (χ1v) is 4.84. The number of carbonyl (C=O) groups is 2. The van der Waals surface area contributed by atoms with Crippen LogP contribution in [-0.4, -0.2) is 22.2 Å². The zero-order valence-corrected chi connectivity index (χ0v) is 8.99. The molecule has 4 nitrogen and oxygen atoms in total. The third-order valence-corrected chi connectivity index (χ3v) is 1.88. The zero-order chi connectivity index (χ0) is 11.8. The number of unbranched alkanes of at least 4 members (excludes halogenated alkanes) is 2. The highest BCUT2D eigenvalue weighted by Gasteiger charge is 2.07. The Balaban J connectivity index is 4.68. The molecule has 0 aromatic rings. The monoisotopic (exact) mass is 212 g/mol. The minimum absolute atomic E-state index is 0.0279. The maximum atomic E-state index is 10.7. The van der Waals surface area contributed by atoms with Crippen molar-refractivity contribution in [1.29, 1.82) is 0 Å². The second-order valence-electron chi connectivity index (χ2n) is 3.24. The summed E-state index contributed by atoms with van der Waals surface area (Å²) in [6.45, 7) is 3.38. The van der Waals surface area contributed by atoms with Crippen LogP contribution in [0.4, 0.5) is 0 Å². The predicted octanol–water partition coefficient (Wildman–Crippen LogP) is 2.22. The van der Waals surface area contributed by atoms with Gasteiger partial charge in [0.15, 0.2) is 0 Å². The van der Waals surface area contributed by atoms with Gasteiger partial charge in [-0.25, -0.2) is 9.59 Å². The lowest BCUT2D eigenvalue weighted by atomic mass is 10.1. The third kappa shape index (κ3) is 5.67. The molecular weight excluding hydrogens is 196 g/mol. The van der Waals surface area contributed by atoms with Crippen LogP contribution < -0.4 is 0 Å². The molecule has 0 fully saturated rings. The molecule has 0 unspecified atom stereocenters. The second-order valence-corrected chi connectivity index (χ2v) is 3.24. The number of rotatable bonds is 6. The molecule has 0 saturated heterocycles. The fourth-order valence-electron chi connectivity index (χ4n) is 0.965. The van der Waals surface area contributed by atoms with Crippen LogP contribution in [0.25, 0.3) is 0 Å². The molecule has 0 amide bonds. The average molecular weight is 212 g/mol. The molecule has 0 bridgehead atoms. The van der Waals surface area contributed by atoms with Crippen molar-refractivity contribution in [2.24, 2.45) is 0 Å². The topological polar surface area (TPSA) is 74.6 Å². The van der Waals surface area contributed by atoms with E-state index in [9.17, 15) is 9.59 Å². The van der Waals surface area contributed by atoms with Gasteiger partial charge in [-0.3, -0.25) is 0 Å². The number of allylic oxidation sites excluding steroid dienone is 1. The Hall–Kier alpha value is -1.58. The summed E-state index contributed by atoms with van der Waals surface area (Å²) < 4.78 is 0. The van der Waals surface area contributed by atoms with Gasteiger partial charge in [0.2, 0.25) is 0 Å². The minimum Gasteiger partial charge on any atom is -0.478 e. The van der Waals surface area contributed by atoms with E-state index in [0.29, 0.717) is 6.42 Å². The van der Waals surface area contributed by atoms with E-state index in [2.05, 4.69) is 0 Å². The molecule has 0 aliphatic heterocycles. The summed E-state index contributed by atoms with van der Waals surface area (Å²) in [5, 5.41) is 17.4. The van der Waals surface area contributed by atoms with Crippen molar-refractivity contribution in [2.45, 2.75) is 33.1 Å². The highest BCUT2D eigenvalue weighted by Crippen LogP contribution is 2.07. The maximum absolute atomic E-state index is 10.7. The number of hydrogen-bond donors (Lipinski definition) is 2. The summed E-state index contributed by atoms with van der Waals surface area (Å²) in [5.74, 6) is -2.19. The molecule has 0 saturated carbocycles. The Morgan fingerprint density at radius 1 is 1.20 bits per heavy atom. The summed E-state index contributed by atoms with van der Waals surface area (Å²) in [4.78, 5) is 21.2. The van der Waals surface area contributed by atoms with E-state index in [1.807, 2.05) is 6.92 Å². The summed E-state index contributed by atoms with van der Waals surface area (Å²) in [7, 11) is 0. The molecule has 0 aromatic carbocycles. The minimum atomic E-state index is -1.10. The molecule has 0 aliphatic carbocycles. The Morgan fingerprint density at radius 2 is 1.80 bits per heavy atom. The molecule has 0 aromatic heterocycles. The van der Waals surface area contributed by atoms with E-state index in [1.54, 1.807) is 6.08 Å². The van der Waals surface area contributed by atoms with Gasteiger partial charge in [-0.1, -0.05) is 25.8 Å². The highest BCUT2D eigenvalue weighted by molar-refractivity contribution is 5.94. The van der Waals surface area contributed by atoms with Crippen LogP contribution in [0.5, 0.6) is 0 Å². The van der Waals surface area contributed by atoms with Gasteiger partial charge >= 0.3 is 11.9 Å². The Morgan fingerprint density at radius 3 is 2.20 bits per heavy atom. The van der Waals surface area contributed by atoms with Crippen molar-refractivity contribution in [3.8, 4) is 0 Å². The van der Waals surface area contributed by atoms with Crippen LogP contribution in [0.15, 0.2) is 23.3 Å². The van der Waals surface area contributed by atoms with Crippen molar-refractivity contribution in [2.75, 3.05) is 0 Å². The first kappa shape index (κ1) is 13.4. The van der Waals surface area contributed by atoms with E-state index in [1.165, 1.54) is 13.0 Å². The molecule has 0 aliphatic rings. The van der Waals surface area contributed by atoms with Crippen LogP contribution in [0.3, 0.4) is 0 Å². The van der Waals surface area contributed by atoms with Crippen LogP contribution in [0.2, 0.25) is 0 Å². The van der Waals surface area contributed by atoms with Crippen LogP contribution in [0.1, 0.15) is 33.1 Å². The lowest BCUT2D eigenvalue weighted by Gasteiger charge is -1.97. The Labute approximate surface area is 88.9 Å². The Kier molecular flexibility index (Phi) is 6.09. The molecule has 84 valence electrons. The summed E-state index contributed by atoms with van der Waals surface area (Å²) in [5.41, 5.74) is 0.0727. The van der Waals surface area contributed by atoms with Crippen LogP contribution in [-0.2, 0) is 9.59 Å². The molecule has 0 radical (unpaired) electrons. The summed E-state index contributed by atoms with van der Waals surface area (Å²) in [6.07, 6.45) is 5.27. The normalized spacial score (nSPS) is 12.7. The lowest BCUT2D eigenvalue weighted by molar-refractivity contribution is -0.132. The smallest absolute Gasteiger partial charge is 0.335 e. The number of aliphatic carboxylic acids is 2. The van der Waals surface area contributed by atoms with Gasteiger partial charge in [0, 0.05) is 5.57 Å². The van der Waals surface area contributed by atoms with Gasteiger partial charge in [0.1, 0.15) is 0 Å². The van der Waals surface area contributed by atoms with Gasteiger partial charge in [-0.2, -0.15) is 0 Å². The Bertz CT molecular complexity index is 300. The summed E-state index contributed by atoms with van der Waals surface area (Å²) >= 11 is 0. The van der Waals surface area contributed by atoms with Gasteiger partial charge < -0.3 is 10.2 Å². The van der Waals surface area contributed by atoms with Crippen LogP contribution >= 0.6 is 0 Å². The van der Waals surface area contributed by atoms with E-state index >= 15 is 0 Å². The van der Waals surface area contributed by atoms with Crippen molar-refractivity contribution >= 4 is 11.9 Å². The highest BCUT2D eigenvalue weighted by atomic mass is 16.4. The van der Waals surface area contributed by atoms with Crippen molar-refractivity contribution < 1.29 is 19.8 Å². The van der Waals surface area contributed by atoms with Gasteiger partial charge in [-0.15, -0.1) is 0 Å². The average Bonchev–Trinajstić information content (AvgIpc) is 2.15. The van der Waals surface area contributed by atoms with E-state index < -0.39 is 11.9 Å². The molecule has 0 rings (SSSR count). The molecular formula is C11H16O4. The fourth-order valence-corrected chi connectivity index (χ4v) is 0.965. The van der Waals surface area contributed by atoms with Gasteiger partial charge in [0.05, 0.1) is 5.57 Å². The van der Waals surface area contributed by atoms with E-state index in [-0.39, 0.29) is 11.1 Å². The largest absolute Gasteiger partial charge is 0.478 e. The van der Waals surface area contributed by atoms with Crippen molar-refractivity contribution in [3.63, 3.8) is 0 Å². The van der Waals surface area contributed by atoms with Gasteiger partial charge in [-0.05, 0) is 19.4 Å². The lowest BCUT2D eigenvalue weighted by Crippen LogP contribution is -2.02. The number of carboxylic acid groups (broad SMARTS) is 2. The molecule has 0 spiro atoms. The quantitative estimate of drug-likeness (QED) is 0.402. The third-order valence-electron chi connectivity index (χ3n) is 1.88. The first-order chi connectivity index (χ1) is 6.99. The molecule has 0 heterocycles. The molecule has 2 N–H and O–H groups in total. The molecule has 4 heteroatoms. The van der Waals surface area contributed by atoms with Crippen molar-refractivity contribution in [1.82, 2.24) is 0 Å². The first-order valence-electron chi connectivity index (χ1n) is 4.84. The SMILES string of the molecule is CCCCC=C(C=C(C)C(=O)O)C(=O)O. The number of hydrogen-bond acceptors (Lipinski definition) is 2. The maximum Gasteiger partial charge on any atom is 0.335 e. The van der Waals surface area contributed by atoms with E-state index in [4.69, 9.17) is 10.2 Å². The second kappa shape index (κ2) is 6.81. The summed E-state index contributed by atoms with van der Waals surface area (Å²) in [6, 6.07) is 0. The predicted molar refractivity (Wildman–Crippen MR) is 56.6 cm³/mol. The van der Waals surface area contributed by atoms with Gasteiger partial charge in [0.25, 0.3) is 0 Å². The fraction of sp³-hybridized carbons (Fsp3) is 0.455. The molecule has 0 atom stereocenters. The molecule has 15 heavy (non-hydrogen) atoms. The van der Waals surface area contributed by atoms with E-state index in [0.717, 1.165) is 12.8 Å². The standard InChI is InChI=1S/C11H16O4/c1-3-4-5-6-9(11(14)15)7-8(2)10(12)13/h6-7H,3-5H2,1-2H3,(H,12,13)(H,14,15). The zero-order valence-electron chi connectivity index (χ0n) is 8.99. The number of carboxylic acids is 2.